The molecule has 9 heteroatoms. The molecule has 0 spiro atoms. The van der Waals surface area contributed by atoms with Crippen molar-refractivity contribution in [1.82, 2.24) is 5.32 Å². The van der Waals surface area contributed by atoms with Crippen LogP contribution in [0.1, 0.15) is 70.4 Å². The zero-order valence-corrected chi connectivity index (χ0v) is 16.7. The molecule has 8 nitrogen and oxygen atoms in total. The van der Waals surface area contributed by atoms with Crippen LogP contribution in [-0.2, 0) is 9.47 Å². The number of ether oxygens (including phenoxy) is 3. The lowest BCUT2D eigenvalue weighted by Crippen LogP contribution is -2.28. The van der Waals surface area contributed by atoms with Gasteiger partial charge in [-0.25, -0.2) is 14.4 Å². The van der Waals surface area contributed by atoms with Crippen molar-refractivity contribution < 1.29 is 28.6 Å². The van der Waals surface area contributed by atoms with Crippen molar-refractivity contribution in [3.05, 3.63) is 15.3 Å². The Labute approximate surface area is 162 Å². The van der Waals surface area contributed by atoms with Crippen LogP contribution in [0.15, 0.2) is 0 Å². The van der Waals surface area contributed by atoms with Gasteiger partial charge >= 0.3 is 18.0 Å². The van der Waals surface area contributed by atoms with Gasteiger partial charge in [0.05, 0.1) is 20.3 Å². The molecule has 0 fully saturated rings. The van der Waals surface area contributed by atoms with Crippen molar-refractivity contribution >= 4 is 29.4 Å². The lowest BCUT2D eigenvalue weighted by Gasteiger charge is -2.12. The smallest absolute Gasteiger partial charge is 0.412 e. The average molecular weight is 396 g/mol. The molecule has 1 amide bonds. The second-order valence-electron chi connectivity index (χ2n) is 5.93. The van der Waals surface area contributed by atoms with E-state index >= 15 is 0 Å². The molecule has 0 aromatic carbocycles. The third-order valence-electron chi connectivity index (χ3n) is 3.65. The summed E-state index contributed by atoms with van der Waals surface area (Å²) in [4.78, 5) is 36.5. The van der Waals surface area contributed by atoms with E-state index in [9.17, 15) is 14.4 Å². The van der Waals surface area contributed by atoms with Crippen LogP contribution in [0.2, 0.25) is 0 Å². The first kappa shape index (κ1) is 22.4. The molecule has 1 aromatic rings. The van der Waals surface area contributed by atoms with Gasteiger partial charge in [0.25, 0.3) is 0 Å². The highest BCUT2D eigenvalue weighted by atomic mass is 32.1. The maximum absolute atomic E-state index is 12.1. The number of nitriles is 1. The highest BCUT2D eigenvalue weighted by Gasteiger charge is 2.31. The zero-order valence-electron chi connectivity index (χ0n) is 15.9. The van der Waals surface area contributed by atoms with Gasteiger partial charge in [-0.15, -0.1) is 11.3 Å². The van der Waals surface area contributed by atoms with E-state index < -0.39 is 18.0 Å². The van der Waals surface area contributed by atoms with Gasteiger partial charge in [0.15, 0.2) is 10.6 Å². The zero-order chi connectivity index (χ0) is 20.4. The van der Waals surface area contributed by atoms with Crippen molar-refractivity contribution in [3.8, 4) is 11.8 Å². The molecule has 0 unspecified atom stereocenters. The summed E-state index contributed by atoms with van der Waals surface area (Å²) in [6, 6.07) is 2.06. The number of carbonyl (C=O) groups is 3. The first-order valence-electron chi connectivity index (χ1n) is 8.53. The number of nitrogens with one attached hydrogen (secondary N) is 1. The minimum absolute atomic E-state index is 0.0178. The molecule has 0 bridgehead atoms. The van der Waals surface area contributed by atoms with Crippen molar-refractivity contribution in [3.63, 3.8) is 0 Å². The summed E-state index contributed by atoms with van der Waals surface area (Å²) in [7, 11) is 2.45. The van der Waals surface area contributed by atoms with E-state index in [0.29, 0.717) is 24.9 Å². The molecule has 1 heterocycles. The summed E-state index contributed by atoms with van der Waals surface area (Å²) in [5.74, 6) is -1.48. The molecule has 1 N–H and O–H groups in total. The quantitative estimate of drug-likeness (QED) is 0.501. The third-order valence-corrected chi connectivity index (χ3v) is 4.79. The van der Waals surface area contributed by atoms with Crippen molar-refractivity contribution in [2.24, 2.45) is 0 Å². The van der Waals surface area contributed by atoms with Crippen LogP contribution in [0.25, 0.3) is 0 Å². The van der Waals surface area contributed by atoms with Crippen LogP contribution in [0.4, 0.5) is 4.79 Å². The first-order chi connectivity index (χ1) is 12.9. The third kappa shape index (κ3) is 6.25. The number of methoxy groups -OCH3 is 2. The molecule has 1 aromatic heterocycles. The lowest BCUT2D eigenvalue weighted by molar-refractivity contribution is 0.0595. The van der Waals surface area contributed by atoms with Gasteiger partial charge in [-0.1, -0.05) is 20.3 Å². The molecular formula is C18H24N2O6S. The summed E-state index contributed by atoms with van der Waals surface area (Å²) < 4.78 is 14.9. The molecule has 27 heavy (non-hydrogen) atoms. The maximum Gasteiger partial charge on any atom is 0.412 e. The standard InChI is InChI=1S/C18H24N2O6S/c1-11(2)12-13(26-18(23)20-10-8-6-5-7-9-19)15(17(22)25-4)27-14(12)16(21)24-3/h11H,5-8,10H2,1-4H3,(H,20,23). The summed E-state index contributed by atoms with van der Waals surface area (Å²) >= 11 is 0.875. The Morgan fingerprint density at radius 1 is 1.07 bits per heavy atom. The average Bonchev–Trinajstić information content (AvgIpc) is 3.02. The van der Waals surface area contributed by atoms with Gasteiger partial charge in [0.1, 0.15) is 4.88 Å². The fraction of sp³-hybridized carbons (Fsp3) is 0.556. The van der Waals surface area contributed by atoms with Gasteiger partial charge in [-0.2, -0.15) is 5.26 Å². The summed E-state index contributed by atoms with van der Waals surface area (Å²) in [5.41, 5.74) is 0.427. The number of unbranched alkanes of at least 4 members (excludes halogenated alkanes) is 3. The van der Waals surface area contributed by atoms with E-state index in [1.165, 1.54) is 14.2 Å². The van der Waals surface area contributed by atoms with E-state index in [2.05, 4.69) is 11.4 Å². The topological polar surface area (TPSA) is 115 Å². The Balaban J connectivity index is 2.98. The van der Waals surface area contributed by atoms with Gasteiger partial charge in [-0.05, 0) is 18.8 Å². The van der Waals surface area contributed by atoms with Gasteiger partial charge in [-0.3, -0.25) is 0 Å². The van der Waals surface area contributed by atoms with Gasteiger partial charge in [0, 0.05) is 18.5 Å². The van der Waals surface area contributed by atoms with E-state index in [4.69, 9.17) is 19.5 Å². The fourth-order valence-electron chi connectivity index (χ4n) is 2.35. The number of rotatable bonds is 9. The highest BCUT2D eigenvalue weighted by molar-refractivity contribution is 7.16. The molecule has 0 aliphatic carbocycles. The number of amides is 1. The van der Waals surface area contributed by atoms with Crippen LogP contribution in [0, 0.1) is 11.3 Å². The molecule has 0 aliphatic heterocycles. The number of carbonyl (C=O) groups excluding carboxylic acids is 3. The lowest BCUT2D eigenvalue weighted by atomic mass is 10.0. The summed E-state index contributed by atoms with van der Waals surface area (Å²) in [6.45, 7) is 4.01. The highest BCUT2D eigenvalue weighted by Crippen LogP contribution is 2.41. The van der Waals surface area contributed by atoms with Crippen LogP contribution in [0.3, 0.4) is 0 Å². The SMILES string of the molecule is COC(=O)c1sc(C(=O)OC)c(C(C)C)c1OC(=O)NCCCCCC#N. The number of hydrogen-bond acceptors (Lipinski definition) is 8. The first-order valence-corrected chi connectivity index (χ1v) is 9.34. The monoisotopic (exact) mass is 396 g/mol. The van der Waals surface area contributed by atoms with E-state index in [1.54, 1.807) is 0 Å². The second-order valence-corrected chi connectivity index (χ2v) is 6.95. The predicted molar refractivity (Wildman–Crippen MR) is 99.2 cm³/mol. The Morgan fingerprint density at radius 3 is 2.26 bits per heavy atom. The molecule has 148 valence electrons. The minimum Gasteiger partial charge on any atom is -0.465 e. The Hall–Kier alpha value is -2.60. The van der Waals surface area contributed by atoms with Crippen molar-refractivity contribution in [2.75, 3.05) is 20.8 Å². The fourth-order valence-corrected chi connectivity index (χ4v) is 3.57. The van der Waals surface area contributed by atoms with Crippen LogP contribution in [0.5, 0.6) is 5.75 Å². The molecular weight excluding hydrogens is 372 g/mol. The molecule has 1 rings (SSSR count). The normalized spacial score (nSPS) is 10.2. The molecule has 0 saturated heterocycles. The van der Waals surface area contributed by atoms with Crippen LogP contribution in [-0.4, -0.2) is 38.8 Å². The molecule has 0 aliphatic rings. The maximum atomic E-state index is 12.1. The molecule has 0 saturated carbocycles. The van der Waals surface area contributed by atoms with Gasteiger partial charge in [0.2, 0.25) is 0 Å². The van der Waals surface area contributed by atoms with Gasteiger partial charge < -0.3 is 19.5 Å². The predicted octanol–water partition coefficient (Wildman–Crippen LogP) is 3.62. The number of esters is 2. The van der Waals surface area contributed by atoms with Crippen molar-refractivity contribution in [2.45, 2.75) is 45.4 Å². The Bertz CT molecular complexity index is 720. The Morgan fingerprint density at radius 2 is 1.70 bits per heavy atom. The van der Waals surface area contributed by atoms with Crippen LogP contribution < -0.4 is 10.1 Å². The Kier molecular flexibility index (Phi) is 9.30. The van der Waals surface area contributed by atoms with E-state index in [-0.39, 0.29) is 21.4 Å². The summed E-state index contributed by atoms with van der Waals surface area (Å²) in [5, 5.41) is 11.1. The van der Waals surface area contributed by atoms with Crippen LogP contribution >= 0.6 is 11.3 Å². The van der Waals surface area contributed by atoms with Crippen molar-refractivity contribution in [1.29, 1.82) is 5.26 Å². The van der Waals surface area contributed by atoms with E-state index in [1.807, 2.05) is 13.8 Å². The minimum atomic E-state index is -0.725. The molecule has 0 atom stereocenters. The number of nitrogens with zero attached hydrogens (tertiary/aromatic N) is 1. The molecule has 0 radical (unpaired) electrons. The van der Waals surface area contributed by atoms with E-state index in [0.717, 1.165) is 24.2 Å². The second kappa shape index (κ2) is 11.2. The number of thiophene rings is 1. The summed E-state index contributed by atoms with van der Waals surface area (Å²) in [6.07, 6.45) is 2.04. The number of hydrogen-bond donors (Lipinski definition) is 1. The largest absolute Gasteiger partial charge is 0.465 e.